The molecule has 0 aliphatic carbocycles. The molecular formula is C28H46O6. The Kier molecular flexibility index (Phi) is 12.5. The molecule has 0 aliphatic rings. The third-order valence-electron chi connectivity index (χ3n) is 6.29. The number of phenolic OH excluding ortho intramolecular Hbond substituents is 1. The molecule has 0 radical (unpaired) electrons. The van der Waals surface area contributed by atoms with Crippen molar-refractivity contribution in [2.45, 2.75) is 111 Å². The largest absolute Gasteiger partial charge is 0.508 e. The molecule has 194 valence electrons. The number of carbonyl (C=O) groups is 2. The van der Waals surface area contributed by atoms with Crippen molar-refractivity contribution < 1.29 is 28.9 Å². The summed E-state index contributed by atoms with van der Waals surface area (Å²) in [5.74, 6) is 0.643. The second-order valence-electron chi connectivity index (χ2n) is 10.2. The molecule has 0 amide bonds. The SMILES string of the molecule is CCCCOc1cc(C(C)(C)CCCC(=O)OCC)c(O)cc1C(C)(C)CCCC(=O)OCC. The van der Waals surface area contributed by atoms with Crippen molar-refractivity contribution in [2.24, 2.45) is 0 Å². The minimum absolute atomic E-state index is 0.180. The summed E-state index contributed by atoms with van der Waals surface area (Å²) in [5.41, 5.74) is 1.12. The summed E-state index contributed by atoms with van der Waals surface area (Å²) in [6.45, 7) is 15.5. The number of hydrogen-bond donors (Lipinski definition) is 1. The summed E-state index contributed by atoms with van der Waals surface area (Å²) in [5, 5.41) is 11.0. The van der Waals surface area contributed by atoms with Gasteiger partial charge >= 0.3 is 11.9 Å². The quantitative estimate of drug-likeness (QED) is 0.213. The van der Waals surface area contributed by atoms with Crippen molar-refractivity contribution in [3.05, 3.63) is 23.3 Å². The van der Waals surface area contributed by atoms with E-state index in [4.69, 9.17) is 14.2 Å². The number of carbonyl (C=O) groups excluding carboxylic acids is 2. The van der Waals surface area contributed by atoms with Gasteiger partial charge in [0.15, 0.2) is 0 Å². The van der Waals surface area contributed by atoms with E-state index in [1.807, 2.05) is 19.1 Å². The summed E-state index contributed by atoms with van der Waals surface area (Å²) < 4.78 is 16.3. The van der Waals surface area contributed by atoms with Gasteiger partial charge in [-0.2, -0.15) is 0 Å². The van der Waals surface area contributed by atoms with Gasteiger partial charge in [-0.1, -0.05) is 41.0 Å². The second-order valence-corrected chi connectivity index (χ2v) is 10.2. The molecule has 6 nitrogen and oxygen atoms in total. The van der Waals surface area contributed by atoms with E-state index in [9.17, 15) is 14.7 Å². The third kappa shape index (κ3) is 9.55. The molecule has 1 rings (SSSR count). The van der Waals surface area contributed by atoms with Crippen LogP contribution in [0.5, 0.6) is 11.5 Å². The van der Waals surface area contributed by atoms with Gasteiger partial charge in [-0.25, -0.2) is 0 Å². The Morgan fingerprint density at radius 2 is 1.29 bits per heavy atom. The Morgan fingerprint density at radius 3 is 1.76 bits per heavy atom. The lowest BCUT2D eigenvalue weighted by molar-refractivity contribution is -0.144. The average Bonchev–Trinajstić information content (AvgIpc) is 2.74. The Balaban J connectivity index is 3.13. The van der Waals surface area contributed by atoms with E-state index < -0.39 is 0 Å². The lowest BCUT2D eigenvalue weighted by atomic mass is 9.75. The fourth-order valence-electron chi connectivity index (χ4n) is 4.17. The van der Waals surface area contributed by atoms with Crippen LogP contribution in [0.2, 0.25) is 0 Å². The van der Waals surface area contributed by atoms with E-state index in [0.717, 1.165) is 42.6 Å². The molecule has 1 aromatic rings. The molecule has 0 heterocycles. The molecule has 0 fully saturated rings. The first-order valence-electron chi connectivity index (χ1n) is 12.8. The maximum atomic E-state index is 11.8. The highest BCUT2D eigenvalue weighted by molar-refractivity contribution is 5.69. The number of unbranched alkanes of at least 4 members (excludes halogenated alkanes) is 1. The Morgan fingerprint density at radius 1 is 0.794 bits per heavy atom. The number of phenols is 1. The maximum Gasteiger partial charge on any atom is 0.305 e. The molecule has 0 atom stereocenters. The predicted molar refractivity (Wildman–Crippen MR) is 136 cm³/mol. The number of hydrogen-bond acceptors (Lipinski definition) is 6. The minimum Gasteiger partial charge on any atom is -0.508 e. The van der Waals surface area contributed by atoms with Crippen molar-refractivity contribution in [2.75, 3.05) is 19.8 Å². The molecule has 0 spiro atoms. The van der Waals surface area contributed by atoms with Crippen LogP contribution in [0.4, 0.5) is 0 Å². The smallest absolute Gasteiger partial charge is 0.305 e. The van der Waals surface area contributed by atoms with Crippen molar-refractivity contribution in [3.8, 4) is 11.5 Å². The molecule has 34 heavy (non-hydrogen) atoms. The second kappa shape index (κ2) is 14.2. The zero-order valence-corrected chi connectivity index (χ0v) is 22.4. The number of benzene rings is 1. The zero-order valence-electron chi connectivity index (χ0n) is 22.4. The third-order valence-corrected chi connectivity index (χ3v) is 6.29. The van der Waals surface area contributed by atoms with Gasteiger partial charge in [0, 0.05) is 24.0 Å². The van der Waals surface area contributed by atoms with Crippen LogP contribution in [0.1, 0.15) is 111 Å². The first-order valence-corrected chi connectivity index (χ1v) is 12.8. The van der Waals surface area contributed by atoms with Crippen LogP contribution in [-0.4, -0.2) is 36.9 Å². The van der Waals surface area contributed by atoms with Crippen LogP contribution in [0.15, 0.2) is 12.1 Å². The average molecular weight is 479 g/mol. The zero-order chi connectivity index (χ0) is 25.8. The fourth-order valence-corrected chi connectivity index (χ4v) is 4.17. The van der Waals surface area contributed by atoms with Gasteiger partial charge < -0.3 is 19.3 Å². The first kappa shape index (κ1) is 29.8. The van der Waals surface area contributed by atoms with Crippen LogP contribution >= 0.6 is 0 Å². The van der Waals surface area contributed by atoms with Crippen molar-refractivity contribution in [1.29, 1.82) is 0 Å². The van der Waals surface area contributed by atoms with Crippen molar-refractivity contribution >= 4 is 11.9 Å². The molecule has 0 aromatic heterocycles. The molecule has 0 bridgehead atoms. The molecule has 0 aliphatic heterocycles. The Hall–Kier alpha value is -2.24. The fraction of sp³-hybridized carbons (Fsp3) is 0.714. The van der Waals surface area contributed by atoms with Gasteiger partial charge in [-0.15, -0.1) is 0 Å². The summed E-state index contributed by atoms with van der Waals surface area (Å²) >= 11 is 0. The van der Waals surface area contributed by atoms with Gasteiger partial charge in [0.25, 0.3) is 0 Å². The minimum atomic E-state index is -0.341. The number of aromatic hydroxyl groups is 1. The molecule has 1 N–H and O–H groups in total. The number of esters is 2. The number of rotatable bonds is 16. The van der Waals surface area contributed by atoms with Crippen molar-refractivity contribution in [3.63, 3.8) is 0 Å². The van der Waals surface area contributed by atoms with E-state index in [0.29, 0.717) is 45.5 Å². The van der Waals surface area contributed by atoms with Gasteiger partial charge in [0.1, 0.15) is 11.5 Å². The van der Waals surface area contributed by atoms with Crippen LogP contribution in [0, 0.1) is 0 Å². The highest BCUT2D eigenvalue weighted by atomic mass is 16.5. The topological polar surface area (TPSA) is 82.1 Å². The van der Waals surface area contributed by atoms with Crippen LogP contribution in [-0.2, 0) is 29.9 Å². The predicted octanol–water partition coefficient (Wildman–Crippen LogP) is 6.59. The van der Waals surface area contributed by atoms with Gasteiger partial charge in [-0.05, 0) is 68.9 Å². The maximum absolute atomic E-state index is 11.8. The molecular weight excluding hydrogens is 432 g/mol. The van der Waals surface area contributed by atoms with Gasteiger partial charge in [0.2, 0.25) is 0 Å². The van der Waals surface area contributed by atoms with E-state index in [1.165, 1.54) is 0 Å². The van der Waals surface area contributed by atoms with E-state index in [2.05, 4.69) is 34.6 Å². The lowest BCUT2D eigenvalue weighted by Crippen LogP contribution is -2.22. The lowest BCUT2D eigenvalue weighted by Gasteiger charge is -2.32. The first-order chi connectivity index (χ1) is 16.0. The van der Waals surface area contributed by atoms with E-state index >= 15 is 0 Å². The monoisotopic (exact) mass is 478 g/mol. The molecule has 1 aromatic carbocycles. The van der Waals surface area contributed by atoms with Gasteiger partial charge in [0.05, 0.1) is 19.8 Å². The standard InChI is InChI=1S/C28H46O6/c1-8-11-18-34-24-20-21(27(4,5)16-12-14-25(30)32-9-2)23(29)19-22(24)28(6,7)17-13-15-26(31)33-10-3/h19-20,29H,8-18H2,1-7H3. The highest BCUT2D eigenvalue weighted by Crippen LogP contribution is 2.44. The molecule has 0 saturated carbocycles. The summed E-state index contributed by atoms with van der Waals surface area (Å²) in [6, 6.07) is 3.80. The summed E-state index contributed by atoms with van der Waals surface area (Å²) in [7, 11) is 0. The highest BCUT2D eigenvalue weighted by Gasteiger charge is 2.30. The molecule has 0 saturated heterocycles. The van der Waals surface area contributed by atoms with Crippen LogP contribution < -0.4 is 4.74 Å². The summed E-state index contributed by atoms with van der Waals surface area (Å²) in [4.78, 5) is 23.5. The van der Waals surface area contributed by atoms with E-state index in [-0.39, 0.29) is 28.5 Å². The van der Waals surface area contributed by atoms with Crippen LogP contribution in [0.25, 0.3) is 0 Å². The summed E-state index contributed by atoms with van der Waals surface area (Å²) in [6.07, 6.45) is 5.59. The molecule has 0 unspecified atom stereocenters. The normalized spacial score (nSPS) is 11.9. The van der Waals surface area contributed by atoms with Crippen LogP contribution in [0.3, 0.4) is 0 Å². The van der Waals surface area contributed by atoms with Crippen molar-refractivity contribution in [1.82, 2.24) is 0 Å². The Labute approximate surface area is 206 Å². The molecule has 6 heteroatoms. The van der Waals surface area contributed by atoms with E-state index in [1.54, 1.807) is 6.92 Å². The van der Waals surface area contributed by atoms with Gasteiger partial charge in [-0.3, -0.25) is 9.59 Å². The number of ether oxygens (including phenoxy) is 3. The Bertz CT molecular complexity index is 781.